The Morgan fingerprint density at radius 3 is 2.48 bits per heavy atom. The van der Waals surface area contributed by atoms with Crippen LogP contribution in [0.2, 0.25) is 0 Å². The predicted octanol–water partition coefficient (Wildman–Crippen LogP) is 6.33. The van der Waals surface area contributed by atoms with E-state index in [-0.39, 0.29) is 29.8 Å². The van der Waals surface area contributed by atoms with Gasteiger partial charge in [-0.2, -0.15) is 0 Å². The zero-order chi connectivity index (χ0) is 24.1. The molecule has 0 bridgehead atoms. The molecule has 2 rings (SSSR count). The number of carbonyl (C=O) groups is 1. The molecule has 0 saturated heterocycles. The molecule has 0 heterocycles. The molecule has 0 spiro atoms. The number of unbranched alkanes of at least 4 members (excludes halogenated alkanes) is 4. The molecule has 0 radical (unpaired) electrons. The van der Waals surface area contributed by atoms with Crippen molar-refractivity contribution in [3.05, 3.63) is 60.2 Å². The van der Waals surface area contributed by atoms with E-state index in [1.54, 1.807) is 0 Å². The van der Waals surface area contributed by atoms with Crippen LogP contribution in [-0.4, -0.2) is 34.5 Å². The molecule has 4 nitrogen and oxygen atoms in total. The summed E-state index contributed by atoms with van der Waals surface area (Å²) in [5.41, 5.74) is 0.982. The Bertz CT molecular complexity index is 724. The molecule has 184 valence electrons. The smallest absolute Gasteiger partial charge is 0.313 e. The predicted molar refractivity (Wildman–Crippen MR) is 135 cm³/mol. The highest BCUT2D eigenvalue weighted by Gasteiger charge is 2.39. The van der Waals surface area contributed by atoms with Crippen LogP contribution in [0, 0.1) is 11.8 Å². The first-order chi connectivity index (χ1) is 15.9. The van der Waals surface area contributed by atoms with Crippen LogP contribution < -0.4 is 0 Å². The van der Waals surface area contributed by atoms with Crippen molar-refractivity contribution in [3.8, 4) is 0 Å². The minimum Gasteiger partial charge on any atom is -0.463 e. The van der Waals surface area contributed by atoms with E-state index in [1.807, 2.05) is 44.2 Å². The molecule has 0 amide bonds. The number of allylic oxidation sites excluding steroid dienone is 3. The standard InChI is InChI=1S/C29H44O4/c1-4-5-6-7-8-13-19-25-26(28(31)21-27(25)30)20-15-10-14-18-24(29(32)33-22(2)3)23-16-11-9-12-17-23/h9-13,15-17,19,22,24-28,30-31H,4-8,14,18,20-21H2,1-3H3/t24?,25-,26-,27-,28+/m1/s1. The molecule has 1 saturated carbocycles. The van der Waals surface area contributed by atoms with Gasteiger partial charge >= 0.3 is 5.97 Å². The third-order valence-electron chi connectivity index (χ3n) is 6.53. The van der Waals surface area contributed by atoms with Gasteiger partial charge in [-0.15, -0.1) is 0 Å². The maximum absolute atomic E-state index is 12.6. The molecule has 2 N–H and O–H groups in total. The van der Waals surface area contributed by atoms with E-state index in [0.717, 1.165) is 24.8 Å². The minimum atomic E-state index is -0.475. The third-order valence-corrected chi connectivity index (χ3v) is 6.53. The fraction of sp³-hybridized carbons (Fsp3) is 0.621. The van der Waals surface area contributed by atoms with Crippen molar-refractivity contribution in [2.75, 3.05) is 0 Å². The number of aliphatic hydroxyl groups is 2. The highest BCUT2D eigenvalue weighted by Crippen LogP contribution is 2.36. The van der Waals surface area contributed by atoms with Crippen LogP contribution in [0.1, 0.15) is 90.0 Å². The van der Waals surface area contributed by atoms with Gasteiger partial charge in [0.25, 0.3) is 0 Å². The Balaban J connectivity index is 1.88. The van der Waals surface area contributed by atoms with Gasteiger partial charge in [-0.3, -0.25) is 4.79 Å². The second kappa shape index (κ2) is 15.1. The molecule has 0 aromatic heterocycles. The lowest BCUT2D eigenvalue weighted by Crippen LogP contribution is -2.20. The zero-order valence-electron chi connectivity index (χ0n) is 20.7. The van der Waals surface area contributed by atoms with E-state index in [9.17, 15) is 15.0 Å². The zero-order valence-corrected chi connectivity index (χ0v) is 20.7. The third kappa shape index (κ3) is 9.46. The summed E-state index contributed by atoms with van der Waals surface area (Å²) >= 11 is 0. The summed E-state index contributed by atoms with van der Waals surface area (Å²) in [5.74, 6) is -0.406. The van der Waals surface area contributed by atoms with Crippen molar-refractivity contribution in [1.82, 2.24) is 0 Å². The highest BCUT2D eigenvalue weighted by atomic mass is 16.5. The largest absolute Gasteiger partial charge is 0.463 e. The summed E-state index contributed by atoms with van der Waals surface area (Å²) in [6, 6.07) is 9.80. The van der Waals surface area contributed by atoms with E-state index in [2.05, 4.69) is 31.2 Å². The van der Waals surface area contributed by atoms with Gasteiger partial charge in [-0.1, -0.05) is 80.8 Å². The van der Waals surface area contributed by atoms with Crippen LogP contribution in [0.15, 0.2) is 54.6 Å². The fourth-order valence-corrected chi connectivity index (χ4v) is 4.70. The van der Waals surface area contributed by atoms with Gasteiger partial charge in [-0.05, 0) is 57.4 Å². The average molecular weight is 457 g/mol. The molecule has 0 aliphatic heterocycles. The van der Waals surface area contributed by atoms with Crippen molar-refractivity contribution in [1.29, 1.82) is 0 Å². The number of hydrogen-bond acceptors (Lipinski definition) is 4. The van der Waals surface area contributed by atoms with Crippen molar-refractivity contribution in [3.63, 3.8) is 0 Å². The van der Waals surface area contributed by atoms with Gasteiger partial charge < -0.3 is 14.9 Å². The monoisotopic (exact) mass is 456 g/mol. The Kier molecular flexibility index (Phi) is 12.5. The van der Waals surface area contributed by atoms with Crippen LogP contribution in [0.4, 0.5) is 0 Å². The molecule has 1 aliphatic rings. The van der Waals surface area contributed by atoms with Crippen LogP contribution >= 0.6 is 0 Å². The van der Waals surface area contributed by atoms with Crippen LogP contribution in [0.5, 0.6) is 0 Å². The molecule has 1 aliphatic carbocycles. The summed E-state index contributed by atoms with van der Waals surface area (Å²) < 4.78 is 5.48. The van der Waals surface area contributed by atoms with E-state index < -0.39 is 12.2 Å². The van der Waals surface area contributed by atoms with Gasteiger partial charge in [0.2, 0.25) is 0 Å². The summed E-state index contributed by atoms with van der Waals surface area (Å²) in [7, 11) is 0. The molecule has 5 atom stereocenters. The van der Waals surface area contributed by atoms with Crippen LogP contribution in [0.3, 0.4) is 0 Å². The SMILES string of the molecule is CCCCCCC=C[C@@H]1[C@@H](CC=CCCC(C(=O)OC(C)C)c2ccccc2)[C@@H](O)C[C@H]1O. The molecule has 33 heavy (non-hydrogen) atoms. The van der Waals surface area contributed by atoms with Gasteiger partial charge in [0.05, 0.1) is 24.2 Å². The molecule has 1 unspecified atom stereocenters. The number of esters is 1. The van der Waals surface area contributed by atoms with Gasteiger partial charge in [0.1, 0.15) is 0 Å². The Hall–Kier alpha value is -1.91. The van der Waals surface area contributed by atoms with Crippen LogP contribution in [0.25, 0.3) is 0 Å². The first-order valence-electron chi connectivity index (χ1n) is 12.9. The Morgan fingerprint density at radius 2 is 1.79 bits per heavy atom. The molecule has 1 aromatic rings. The normalized spacial score (nSPS) is 24.2. The second-order valence-corrected chi connectivity index (χ2v) is 9.62. The number of rotatable bonds is 14. The van der Waals surface area contributed by atoms with E-state index in [4.69, 9.17) is 4.74 Å². The number of ether oxygens (including phenoxy) is 1. The first kappa shape index (κ1) is 27.3. The van der Waals surface area contributed by atoms with Crippen LogP contribution in [-0.2, 0) is 9.53 Å². The average Bonchev–Trinajstić information content (AvgIpc) is 3.05. The molecular formula is C29H44O4. The topological polar surface area (TPSA) is 66.8 Å². The number of benzene rings is 1. The summed E-state index contributed by atoms with van der Waals surface area (Å²) in [5, 5.41) is 20.9. The molecule has 4 heteroatoms. The summed E-state index contributed by atoms with van der Waals surface area (Å²) in [6.07, 6.45) is 16.0. The first-order valence-corrected chi connectivity index (χ1v) is 12.9. The quantitative estimate of drug-likeness (QED) is 0.195. The minimum absolute atomic E-state index is 0.00825. The van der Waals surface area contributed by atoms with Crippen molar-refractivity contribution in [2.45, 2.75) is 103 Å². The maximum atomic E-state index is 12.6. The fourth-order valence-electron chi connectivity index (χ4n) is 4.70. The lowest BCUT2D eigenvalue weighted by molar-refractivity contribution is -0.149. The Labute approximate surface area is 200 Å². The number of aliphatic hydroxyl groups excluding tert-OH is 2. The van der Waals surface area contributed by atoms with Gasteiger partial charge in [-0.25, -0.2) is 0 Å². The van der Waals surface area contributed by atoms with Crippen molar-refractivity contribution < 1.29 is 19.7 Å². The van der Waals surface area contributed by atoms with Gasteiger partial charge in [0, 0.05) is 12.3 Å². The van der Waals surface area contributed by atoms with Crippen molar-refractivity contribution >= 4 is 5.97 Å². The lowest BCUT2D eigenvalue weighted by atomic mass is 9.89. The van der Waals surface area contributed by atoms with Gasteiger partial charge in [0.15, 0.2) is 0 Å². The molecule has 1 aromatic carbocycles. The maximum Gasteiger partial charge on any atom is 0.313 e. The van der Waals surface area contributed by atoms with E-state index in [1.165, 1.54) is 25.7 Å². The lowest BCUT2D eigenvalue weighted by Gasteiger charge is -2.19. The highest BCUT2D eigenvalue weighted by molar-refractivity contribution is 5.78. The van der Waals surface area contributed by atoms with E-state index >= 15 is 0 Å². The number of hydrogen-bond donors (Lipinski definition) is 2. The van der Waals surface area contributed by atoms with E-state index in [0.29, 0.717) is 12.8 Å². The Morgan fingerprint density at radius 1 is 1.03 bits per heavy atom. The molecule has 1 fully saturated rings. The number of carbonyl (C=O) groups excluding carboxylic acids is 1. The second-order valence-electron chi connectivity index (χ2n) is 9.62. The summed E-state index contributed by atoms with van der Waals surface area (Å²) in [6.45, 7) is 5.96. The van der Waals surface area contributed by atoms with Crippen molar-refractivity contribution in [2.24, 2.45) is 11.8 Å². The molecular weight excluding hydrogens is 412 g/mol. The summed E-state index contributed by atoms with van der Waals surface area (Å²) in [4.78, 5) is 12.6.